The van der Waals surface area contributed by atoms with Crippen LogP contribution in [-0.2, 0) is 0 Å². The molecular weight excluding hydrogens is 434 g/mol. The van der Waals surface area contributed by atoms with Crippen LogP contribution in [0.2, 0.25) is 0 Å². The summed E-state index contributed by atoms with van der Waals surface area (Å²) in [4.78, 5) is 15.4. The van der Waals surface area contributed by atoms with Gasteiger partial charge in [0, 0.05) is 11.6 Å². The molecule has 0 unspecified atom stereocenters. The van der Waals surface area contributed by atoms with Gasteiger partial charge in [0.1, 0.15) is 11.6 Å². The second-order valence-electron chi connectivity index (χ2n) is 9.16. The first-order valence-electron chi connectivity index (χ1n) is 11.4. The maximum Gasteiger partial charge on any atom is 0.266 e. The normalized spacial score (nSPS) is 18.4. The third kappa shape index (κ3) is 5.32. The summed E-state index contributed by atoms with van der Waals surface area (Å²) in [5.41, 5.74) is 0.478. The van der Waals surface area contributed by atoms with Gasteiger partial charge < -0.3 is 15.5 Å². The predicted molar refractivity (Wildman–Crippen MR) is 120 cm³/mol. The number of amides is 1. The van der Waals surface area contributed by atoms with Gasteiger partial charge in [-0.25, -0.2) is 17.6 Å². The van der Waals surface area contributed by atoms with Crippen LogP contribution in [0.1, 0.15) is 78.0 Å². The van der Waals surface area contributed by atoms with Gasteiger partial charge in [-0.05, 0) is 76.4 Å². The maximum absolute atomic E-state index is 14.8. The highest BCUT2D eigenvalue weighted by Crippen LogP contribution is 2.43. The fourth-order valence-electron chi connectivity index (χ4n) is 4.40. The molecule has 33 heavy (non-hydrogen) atoms. The van der Waals surface area contributed by atoms with Crippen LogP contribution in [0, 0.1) is 11.6 Å². The van der Waals surface area contributed by atoms with Crippen LogP contribution in [0.4, 0.5) is 23.2 Å². The molecule has 0 bridgehead atoms. The number of benzene rings is 2. The van der Waals surface area contributed by atoms with Crippen molar-refractivity contribution in [3.05, 3.63) is 64.2 Å². The summed E-state index contributed by atoms with van der Waals surface area (Å²) in [5, 5.41) is 6.04. The first-order valence-corrected chi connectivity index (χ1v) is 11.4. The SMILES string of the molecule is C[C@@H](NC(=O)c1cc(C2CC2)c(F)cc1NC1CCN(C)CC1)c1cccc(C(F)F)c1F. The van der Waals surface area contributed by atoms with Crippen molar-refractivity contribution in [3.63, 3.8) is 0 Å². The highest BCUT2D eigenvalue weighted by Gasteiger charge is 2.30. The Kier molecular flexibility index (Phi) is 6.93. The van der Waals surface area contributed by atoms with Gasteiger partial charge in [-0.1, -0.05) is 18.2 Å². The third-order valence-electron chi connectivity index (χ3n) is 6.58. The van der Waals surface area contributed by atoms with E-state index in [-0.39, 0.29) is 28.9 Å². The molecule has 0 radical (unpaired) electrons. The molecule has 2 aliphatic rings. The van der Waals surface area contributed by atoms with Crippen molar-refractivity contribution in [3.8, 4) is 0 Å². The van der Waals surface area contributed by atoms with Crippen molar-refractivity contribution in [2.75, 3.05) is 25.5 Å². The Bertz CT molecular complexity index is 1020. The second kappa shape index (κ2) is 9.71. The molecule has 1 atom stereocenters. The van der Waals surface area contributed by atoms with Gasteiger partial charge in [-0.2, -0.15) is 0 Å². The molecule has 1 saturated carbocycles. The standard InChI is InChI=1S/C25H29F4N3O/c1-14(17-4-3-5-18(23(17)27)24(28)29)30-25(33)20-12-19(15-6-7-15)21(26)13-22(20)31-16-8-10-32(2)11-9-16/h3-5,12-16,24,31H,6-11H2,1-2H3,(H,30,33)/t14-/m1/s1. The van der Waals surface area contributed by atoms with Crippen LogP contribution in [0.3, 0.4) is 0 Å². The number of hydrogen-bond donors (Lipinski definition) is 2. The smallest absolute Gasteiger partial charge is 0.266 e. The lowest BCUT2D eigenvalue weighted by Gasteiger charge is -2.31. The Hall–Kier alpha value is -2.61. The van der Waals surface area contributed by atoms with E-state index >= 15 is 0 Å². The molecule has 2 N–H and O–H groups in total. The van der Waals surface area contributed by atoms with E-state index in [1.54, 1.807) is 13.0 Å². The van der Waals surface area contributed by atoms with Gasteiger partial charge in [0.2, 0.25) is 0 Å². The minimum Gasteiger partial charge on any atom is -0.381 e. The molecule has 1 heterocycles. The number of hydrogen-bond acceptors (Lipinski definition) is 3. The van der Waals surface area contributed by atoms with E-state index in [9.17, 15) is 22.4 Å². The predicted octanol–water partition coefficient (Wildman–Crippen LogP) is 5.78. The first kappa shape index (κ1) is 23.5. The minimum atomic E-state index is -2.95. The van der Waals surface area contributed by atoms with Crippen molar-refractivity contribution < 1.29 is 22.4 Å². The Morgan fingerprint density at radius 2 is 1.73 bits per heavy atom. The number of alkyl halides is 2. The molecule has 2 fully saturated rings. The van der Waals surface area contributed by atoms with E-state index in [4.69, 9.17) is 0 Å². The maximum atomic E-state index is 14.8. The summed E-state index contributed by atoms with van der Waals surface area (Å²) in [5.74, 6) is -1.76. The molecule has 2 aromatic carbocycles. The zero-order chi connectivity index (χ0) is 23.7. The van der Waals surface area contributed by atoms with Crippen molar-refractivity contribution >= 4 is 11.6 Å². The Morgan fingerprint density at radius 3 is 2.36 bits per heavy atom. The number of carbonyl (C=O) groups excluding carboxylic acids is 1. The fourth-order valence-corrected chi connectivity index (χ4v) is 4.40. The van der Waals surface area contributed by atoms with Gasteiger partial charge in [0.25, 0.3) is 12.3 Å². The zero-order valence-electron chi connectivity index (χ0n) is 18.8. The quantitative estimate of drug-likeness (QED) is 0.512. The zero-order valence-corrected chi connectivity index (χ0v) is 18.8. The van der Waals surface area contributed by atoms with Crippen LogP contribution >= 0.6 is 0 Å². The molecular formula is C25H29F4N3O. The van der Waals surface area contributed by atoms with Gasteiger partial charge >= 0.3 is 0 Å². The number of nitrogens with zero attached hydrogens (tertiary/aromatic N) is 1. The highest BCUT2D eigenvalue weighted by molar-refractivity contribution is 6.00. The number of rotatable bonds is 7. The molecule has 4 nitrogen and oxygen atoms in total. The van der Waals surface area contributed by atoms with Crippen LogP contribution < -0.4 is 10.6 Å². The molecule has 0 spiro atoms. The van der Waals surface area contributed by atoms with Crippen molar-refractivity contribution in [2.45, 2.75) is 57.0 Å². The Balaban J connectivity index is 1.59. The fraction of sp³-hybridized carbons (Fsp3) is 0.480. The van der Waals surface area contributed by atoms with Crippen molar-refractivity contribution in [2.24, 2.45) is 0 Å². The Labute approximate surface area is 191 Å². The largest absolute Gasteiger partial charge is 0.381 e. The highest BCUT2D eigenvalue weighted by atomic mass is 19.3. The number of piperidine rings is 1. The first-order chi connectivity index (χ1) is 15.7. The van der Waals surface area contributed by atoms with Crippen LogP contribution in [0.25, 0.3) is 0 Å². The molecule has 178 valence electrons. The number of nitrogens with one attached hydrogen (secondary N) is 2. The number of carbonyl (C=O) groups is 1. The molecule has 1 saturated heterocycles. The lowest BCUT2D eigenvalue weighted by Crippen LogP contribution is -2.37. The average molecular weight is 464 g/mol. The molecule has 1 amide bonds. The van der Waals surface area contributed by atoms with E-state index in [2.05, 4.69) is 15.5 Å². The van der Waals surface area contributed by atoms with Crippen molar-refractivity contribution in [1.29, 1.82) is 0 Å². The topological polar surface area (TPSA) is 44.4 Å². The van der Waals surface area contributed by atoms with Gasteiger partial charge in [0.15, 0.2) is 0 Å². The average Bonchev–Trinajstić information content (AvgIpc) is 3.60. The lowest BCUT2D eigenvalue weighted by atomic mass is 9.99. The number of likely N-dealkylation sites (tertiary alicyclic amines) is 1. The minimum absolute atomic E-state index is 0.0181. The van der Waals surface area contributed by atoms with E-state index < -0.39 is 29.8 Å². The molecule has 2 aromatic rings. The summed E-state index contributed by atoms with van der Waals surface area (Å²) >= 11 is 0. The van der Waals surface area contributed by atoms with E-state index in [0.29, 0.717) is 11.3 Å². The van der Waals surface area contributed by atoms with Crippen LogP contribution in [-0.4, -0.2) is 37.0 Å². The molecule has 8 heteroatoms. The van der Waals surface area contributed by atoms with Gasteiger partial charge in [0.05, 0.1) is 22.9 Å². The summed E-state index contributed by atoms with van der Waals surface area (Å²) in [6.45, 7) is 3.35. The number of anilines is 1. The molecule has 1 aliphatic heterocycles. The summed E-state index contributed by atoms with van der Waals surface area (Å²) < 4.78 is 55.6. The molecule has 4 rings (SSSR count). The summed E-state index contributed by atoms with van der Waals surface area (Å²) in [7, 11) is 2.04. The van der Waals surface area contributed by atoms with Crippen LogP contribution in [0.5, 0.6) is 0 Å². The molecule has 0 aromatic heterocycles. The van der Waals surface area contributed by atoms with Crippen LogP contribution in [0.15, 0.2) is 30.3 Å². The Morgan fingerprint density at radius 1 is 1.06 bits per heavy atom. The summed E-state index contributed by atoms with van der Waals surface area (Å²) in [6, 6.07) is 5.98. The third-order valence-corrected chi connectivity index (χ3v) is 6.58. The van der Waals surface area contributed by atoms with E-state index in [0.717, 1.165) is 44.8 Å². The second-order valence-corrected chi connectivity index (χ2v) is 9.16. The number of halogens is 4. The lowest BCUT2D eigenvalue weighted by molar-refractivity contribution is 0.0940. The van der Waals surface area contributed by atoms with E-state index in [1.165, 1.54) is 18.2 Å². The van der Waals surface area contributed by atoms with Crippen molar-refractivity contribution in [1.82, 2.24) is 10.2 Å². The van der Waals surface area contributed by atoms with Gasteiger partial charge in [-0.3, -0.25) is 4.79 Å². The monoisotopic (exact) mass is 463 g/mol. The van der Waals surface area contributed by atoms with Gasteiger partial charge in [-0.15, -0.1) is 0 Å². The summed E-state index contributed by atoms with van der Waals surface area (Å²) in [6.07, 6.45) is 0.539. The van der Waals surface area contributed by atoms with E-state index in [1.807, 2.05) is 7.05 Å². The molecule has 1 aliphatic carbocycles.